The van der Waals surface area contributed by atoms with Crippen LogP contribution in [0.2, 0.25) is 0 Å². The van der Waals surface area contributed by atoms with Crippen molar-refractivity contribution in [3.8, 4) is 0 Å². The van der Waals surface area contributed by atoms with E-state index >= 15 is 0 Å². The average molecular weight is 269 g/mol. The number of rotatable bonds is 3. The number of carbonyl (C=O) groups is 1. The second kappa shape index (κ2) is 5.70. The van der Waals surface area contributed by atoms with Gasteiger partial charge in [-0.3, -0.25) is 15.0 Å². The molecule has 19 heavy (non-hydrogen) atoms. The third-order valence-corrected chi connectivity index (χ3v) is 3.01. The molecule has 1 aromatic heterocycles. The minimum absolute atomic E-state index is 0.247. The Kier molecular flexibility index (Phi) is 4.00. The molecule has 0 bridgehead atoms. The molecule has 0 aromatic carbocycles. The Bertz CT molecular complexity index is 465. The van der Waals surface area contributed by atoms with Crippen LogP contribution in [0.3, 0.4) is 0 Å². The molecule has 2 rings (SSSR count). The van der Waals surface area contributed by atoms with Gasteiger partial charge in [0, 0.05) is 26.2 Å². The van der Waals surface area contributed by atoms with Crippen molar-refractivity contribution in [1.82, 2.24) is 9.80 Å². The Morgan fingerprint density at radius 2 is 2.11 bits per heavy atom. The van der Waals surface area contributed by atoms with Crippen LogP contribution in [-0.4, -0.2) is 54.1 Å². The predicted molar refractivity (Wildman–Crippen MR) is 64.6 cm³/mol. The summed E-state index contributed by atoms with van der Waals surface area (Å²) in [6.45, 7) is 3.03. The highest BCUT2D eigenvalue weighted by Crippen LogP contribution is 2.17. The fraction of sp³-hybridized carbons (Fsp3) is 0.545. The van der Waals surface area contributed by atoms with Gasteiger partial charge in [0.1, 0.15) is 10.7 Å². The quantitative estimate of drug-likeness (QED) is 0.602. The van der Waals surface area contributed by atoms with Gasteiger partial charge in [-0.25, -0.2) is 4.79 Å². The number of hydrogen-bond donors (Lipinski definition) is 0. The highest BCUT2D eigenvalue weighted by Gasteiger charge is 2.22. The van der Waals surface area contributed by atoms with E-state index in [1.165, 1.54) is 13.2 Å². The number of furan rings is 1. The first-order chi connectivity index (χ1) is 9.10. The van der Waals surface area contributed by atoms with Crippen LogP contribution >= 0.6 is 0 Å². The molecule has 8 nitrogen and oxygen atoms in total. The minimum atomic E-state index is -0.557. The van der Waals surface area contributed by atoms with Gasteiger partial charge in [0.15, 0.2) is 0 Å². The van der Waals surface area contributed by atoms with Gasteiger partial charge in [0.25, 0.3) is 0 Å². The van der Waals surface area contributed by atoms with Crippen LogP contribution in [0.25, 0.3) is 0 Å². The lowest BCUT2D eigenvalue weighted by Gasteiger charge is -2.33. The molecule has 0 spiro atoms. The maximum absolute atomic E-state index is 11.3. The van der Waals surface area contributed by atoms with Crippen LogP contribution in [-0.2, 0) is 11.3 Å². The number of nitrogens with zero attached hydrogens (tertiary/aromatic N) is 3. The fourth-order valence-electron chi connectivity index (χ4n) is 1.99. The standard InChI is InChI=1S/C11H15N3O5/c1-18-11(15)13-6-4-12(5-7-13)8-9-2-3-10(19-9)14(16)17/h2-3H,4-8H2,1H3. The fourth-order valence-corrected chi connectivity index (χ4v) is 1.99. The van der Waals surface area contributed by atoms with Gasteiger partial charge in [-0.15, -0.1) is 0 Å². The number of hydrogen-bond acceptors (Lipinski definition) is 6. The van der Waals surface area contributed by atoms with Crippen LogP contribution in [0.4, 0.5) is 10.7 Å². The van der Waals surface area contributed by atoms with Crippen molar-refractivity contribution >= 4 is 12.0 Å². The molecular formula is C11H15N3O5. The number of piperazine rings is 1. The molecule has 0 N–H and O–H groups in total. The van der Waals surface area contributed by atoms with Crippen molar-refractivity contribution in [2.45, 2.75) is 6.54 Å². The first kappa shape index (κ1) is 13.3. The summed E-state index contributed by atoms with van der Waals surface area (Å²) in [6, 6.07) is 2.95. The number of carbonyl (C=O) groups excluding carboxylic acids is 1. The molecule has 0 atom stereocenters. The number of nitro groups is 1. The van der Waals surface area contributed by atoms with E-state index in [0.717, 1.165) is 0 Å². The molecule has 104 valence electrons. The predicted octanol–water partition coefficient (Wildman–Crippen LogP) is 1.07. The largest absolute Gasteiger partial charge is 0.453 e. The van der Waals surface area contributed by atoms with E-state index in [1.807, 2.05) is 0 Å². The van der Waals surface area contributed by atoms with Crippen molar-refractivity contribution in [3.05, 3.63) is 28.0 Å². The summed E-state index contributed by atoms with van der Waals surface area (Å²) in [6.07, 6.45) is -0.326. The lowest BCUT2D eigenvalue weighted by atomic mass is 10.3. The van der Waals surface area contributed by atoms with Crippen LogP contribution in [0.1, 0.15) is 5.76 Å². The third kappa shape index (κ3) is 3.22. The molecule has 0 saturated carbocycles. The van der Waals surface area contributed by atoms with E-state index in [-0.39, 0.29) is 12.0 Å². The summed E-state index contributed by atoms with van der Waals surface area (Å²) in [4.78, 5) is 24.9. The van der Waals surface area contributed by atoms with E-state index in [2.05, 4.69) is 9.64 Å². The van der Waals surface area contributed by atoms with Crippen molar-refractivity contribution in [2.75, 3.05) is 33.3 Å². The van der Waals surface area contributed by atoms with E-state index in [1.54, 1.807) is 11.0 Å². The highest BCUT2D eigenvalue weighted by molar-refractivity contribution is 5.67. The zero-order valence-corrected chi connectivity index (χ0v) is 10.6. The average Bonchev–Trinajstić information content (AvgIpc) is 2.87. The Hall–Kier alpha value is -2.09. The van der Waals surface area contributed by atoms with Gasteiger partial charge in [-0.1, -0.05) is 0 Å². The summed E-state index contributed by atoms with van der Waals surface area (Å²) in [7, 11) is 1.36. The van der Waals surface area contributed by atoms with Crippen molar-refractivity contribution in [1.29, 1.82) is 0 Å². The van der Waals surface area contributed by atoms with Crippen molar-refractivity contribution < 1.29 is 18.9 Å². The highest BCUT2D eigenvalue weighted by atomic mass is 16.6. The van der Waals surface area contributed by atoms with Crippen molar-refractivity contribution in [2.24, 2.45) is 0 Å². The second-order valence-corrected chi connectivity index (χ2v) is 4.23. The maximum atomic E-state index is 11.3. The van der Waals surface area contributed by atoms with E-state index < -0.39 is 4.92 Å². The molecule has 0 radical (unpaired) electrons. The minimum Gasteiger partial charge on any atom is -0.453 e. The summed E-state index contributed by atoms with van der Waals surface area (Å²) in [5, 5.41) is 10.5. The molecule has 0 aliphatic carbocycles. The Balaban J connectivity index is 1.85. The number of methoxy groups -OCH3 is 1. The zero-order valence-electron chi connectivity index (χ0n) is 10.6. The molecule has 1 amide bonds. The van der Waals surface area contributed by atoms with Gasteiger partial charge in [0.2, 0.25) is 0 Å². The van der Waals surface area contributed by atoms with Gasteiger partial charge in [0.05, 0.1) is 19.7 Å². The van der Waals surface area contributed by atoms with Crippen LogP contribution in [0, 0.1) is 10.1 Å². The second-order valence-electron chi connectivity index (χ2n) is 4.23. The summed E-state index contributed by atoms with van der Waals surface area (Å²) in [5.41, 5.74) is 0. The molecule has 1 aliphatic heterocycles. The lowest BCUT2D eigenvalue weighted by Crippen LogP contribution is -2.48. The molecule has 0 unspecified atom stereocenters. The molecular weight excluding hydrogens is 254 g/mol. The van der Waals surface area contributed by atoms with Gasteiger partial charge < -0.3 is 14.1 Å². The SMILES string of the molecule is COC(=O)N1CCN(Cc2ccc([N+](=O)[O-])o2)CC1. The van der Waals surface area contributed by atoms with Crippen molar-refractivity contribution in [3.63, 3.8) is 0 Å². The Morgan fingerprint density at radius 3 is 2.63 bits per heavy atom. The molecule has 1 aliphatic rings. The molecule has 2 heterocycles. The lowest BCUT2D eigenvalue weighted by molar-refractivity contribution is -0.402. The Morgan fingerprint density at radius 1 is 1.42 bits per heavy atom. The number of ether oxygens (including phenoxy) is 1. The normalized spacial score (nSPS) is 16.4. The molecule has 8 heteroatoms. The van der Waals surface area contributed by atoms with Crippen LogP contribution in [0.15, 0.2) is 16.5 Å². The monoisotopic (exact) mass is 269 g/mol. The smallest absolute Gasteiger partial charge is 0.433 e. The van der Waals surface area contributed by atoms with Crippen LogP contribution < -0.4 is 0 Å². The zero-order chi connectivity index (χ0) is 13.8. The van der Waals surface area contributed by atoms with E-state index in [4.69, 9.17) is 4.42 Å². The first-order valence-corrected chi connectivity index (χ1v) is 5.88. The summed E-state index contributed by atoms with van der Waals surface area (Å²) in [5.74, 6) is 0.307. The van der Waals surface area contributed by atoms with Gasteiger partial charge >= 0.3 is 12.0 Å². The van der Waals surface area contributed by atoms with E-state index in [0.29, 0.717) is 38.5 Å². The van der Waals surface area contributed by atoms with Gasteiger partial charge in [-0.2, -0.15) is 0 Å². The first-order valence-electron chi connectivity index (χ1n) is 5.88. The number of amides is 1. The maximum Gasteiger partial charge on any atom is 0.433 e. The summed E-state index contributed by atoms with van der Waals surface area (Å²) >= 11 is 0. The van der Waals surface area contributed by atoms with Gasteiger partial charge in [-0.05, 0) is 6.07 Å². The third-order valence-electron chi connectivity index (χ3n) is 3.01. The molecule has 1 aromatic rings. The topological polar surface area (TPSA) is 89.1 Å². The Labute approximate surface area is 109 Å². The van der Waals surface area contributed by atoms with Crippen LogP contribution in [0.5, 0.6) is 0 Å². The molecule has 1 saturated heterocycles. The molecule has 1 fully saturated rings. The summed E-state index contributed by atoms with van der Waals surface area (Å²) < 4.78 is 9.75. The van der Waals surface area contributed by atoms with E-state index in [9.17, 15) is 14.9 Å².